The summed E-state index contributed by atoms with van der Waals surface area (Å²) in [6, 6.07) is 0. The number of methoxy groups -OCH3 is 1. The Labute approximate surface area is 119 Å². The van der Waals surface area contributed by atoms with Crippen molar-refractivity contribution in [2.24, 2.45) is 5.41 Å². The highest BCUT2D eigenvalue weighted by Crippen LogP contribution is 2.38. The summed E-state index contributed by atoms with van der Waals surface area (Å²) in [7, 11) is 1.29. The van der Waals surface area contributed by atoms with Gasteiger partial charge in [0.1, 0.15) is 12.0 Å². The lowest BCUT2D eigenvalue weighted by atomic mass is 9.74. The zero-order chi connectivity index (χ0) is 15.2. The SMILES string of the molecule is C=C(COC(C)=O)CC1(C(=O)OC)CCCCCC1=O. The number of esters is 2. The first-order valence-corrected chi connectivity index (χ1v) is 6.84. The smallest absolute Gasteiger partial charge is 0.319 e. The molecule has 112 valence electrons. The molecule has 0 aromatic heterocycles. The van der Waals surface area contributed by atoms with Crippen LogP contribution in [0.4, 0.5) is 0 Å². The fraction of sp³-hybridized carbons (Fsp3) is 0.667. The van der Waals surface area contributed by atoms with Crippen LogP contribution in [0.1, 0.15) is 45.4 Å². The Morgan fingerprint density at radius 3 is 2.60 bits per heavy atom. The van der Waals surface area contributed by atoms with Gasteiger partial charge in [0.05, 0.1) is 7.11 Å². The third-order valence-corrected chi connectivity index (χ3v) is 3.65. The molecule has 5 nitrogen and oxygen atoms in total. The maximum atomic E-state index is 12.4. The molecule has 20 heavy (non-hydrogen) atoms. The second kappa shape index (κ2) is 7.22. The summed E-state index contributed by atoms with van der Waals surface area (Å²) >= 11 is 0. The van der Waals surface area contributed by atoms with E-state index >= 15 is 0 Å². The van der Waals surface area contributed by atoms with Gasteiger partial charge in [-0.3, -0.25) is 14.4 Å². The van der Waals surface area contributed by atoms with Gasteiger partial charge in [0.15, 0.2) is 5.78 Å². The zero-order valence-electron chi connectivity index (χ0n) is 12.2. The number of hydrogen-bond acceptors (Lipinski definition) is 5. The first-order valence-electron chi connectivity index (χ1n) is 6.84. The molecule has 1 unspecified atom stereocenters. The lowest BCUT2D eigenvalue weighted by Crippen LogP contribution is -2.40. The maximum absolute atomic E-state index is 12.4. The van der Waals surface area contributed by atoms with E-state index in [1.54, 1.807) is 0 Å². The van der Waals surface area contributed by atoms with Crippen LogP contribution in [0, 0.1) is 5.41 Å². The van der Waals surface area contributed by atoms with E-state index in [-0.39, 0.29) is 18.8 Å². The molecule has 1 fully saturated rings. The average molecular weight is 282 g/mol. The molecule has 0 bridgehead atoms. The Morgan fingerprint density at radius 1 is 1.30 bits per heavy atom. The molecule has 0 aromatic carbocycles. The molecule has 0 aliphatic heterocycles. The predicted octanol–water partition coefficient (Wildman–Crippen LogP) is 2.19. The Hall–Kier alpha value is -1.65. The molecule has 5 heteroatoms. The number of carbonyl (C=O) groups is 3. The highest BCUT2D eigenvalue weighted by atomic mass is 16.5. The molecule has 1 saturated carbocycles. The number of rotatable bonds is 5. The third kappa shape index (κ3) is 3.92. The van der Waals surface area contributed by atoms with Crippen LogP contribution in [0.25, 0.3) is 0 Å². The zero-order valence-corrected chi connectivity index (χ0v) is 12.2. The number of Topliss-reactive ketones (excluding diaryl/α,β-unsaturated/α-hetero) is 1. The minimum absolute atomic E-state index is 0.0291. The summed E-state index contributed by atoms with van der Waals surface area (Å²) in [6.07, 6.45) is 3.58. The molecular formula is C15H22O5. The van der Waals surface area contributed by atoms with E-state index in [0.717, 1.165) is 19.3 Å². The summed E-state index contributed by atoms with van der Waals surface area (Å²) in [4.78, 5) is 35.3. The molecule has 0 saturated heterocycles. The van der Waals surface area contributed by atoms with Crippen molar-refractivity contribution in [3.05, 3.63) is 12.2 Å². The van der Waals surface area contributed by atoms with E-state index in [1.165, 1.54) is 14.0 Å². The highest BCUT2D eigenvalue weighted by Gasteiger charge is 2.46. The second-order valence-electron chi connectivity index (χ2n) is 5.26. The quantitative estimate of drug-likeness (QED) is 0.334. The van der Waals surface area contributed by atoms with Gasteiger partial charge in [0.2, 0.25) is 0 Å². The molecule has 1 aliphatic rings. The van der Waals surface area contributed by atoms with Gasteiger partial charge < -0.3 is 9.47 Å². The van der Waals surface area contributed by atoms with Gasteiger partial charge >= 0.3 is 11.9 Å². The fourth-order valence-electron chi connectivity index (χ4n) is 2.62. The monoisotopic (exact) mass is 282 g/mol. The normalized spacial score (nSPS) is 22.8. The topological polar surface area (TPSA) is 69.7 Å². The van der Waals surface area contributed by atoms with Gasteiger partial charge in [-0.2, -0.15) is 0 Å². The maximum Gasteiger partial charge on any atom is 0.319 e. The van der Waals surface area contributed by atoms with Gasteiger partial charge in [0.25, 0.3) is 0 Å². The molecular weight excluding hydrogens is 260 g/mol. The standard InChI is InChI=1S/C15H22O5/c1-11(10-20-12(2)16)9-15(14(18)19-3)8-6-4-5-7-13(15)17/h1,4-10H2,2-3H3. The molecule has 0 spiro atoms. The average Bonchev–Trinajstić information content (AvgIpc) is 2.59. The molecule has 0 radical (unpaired) electrons. The van der Waals surface area contributed by atoms with Crippen LogP contribution in [-0.2, 0) is 23.9 Å². The second-order valence-corrected chi connectivity index (χ2v) is 5.26. The minimum Gasteiger partial charge on any atom is -0.468 e. The molecule has 1 rings (SSSR count). The summed E-state index contributed by atoms with van der Waals surface area (Å²) in [5.41, 5.74) is -0.594. The van der Waals surface area contributed by atoms with Crippen LogP contribution in [-0.4, -0.2) is 31.4 Å². The van der Waals surface area contributed by atoms with Gasteiger partial charge in [-0.05, 0) is 24.8 Å². The summed E-state index contributed by atoms with van der Waals surface area (Å²) in [6.45, 7) is 5.15. The number of carbonyl (C=O) groups excluding carboxylic acids is 3. The molecule has 1 aliphatic carbocycles. The predicted molar refractivity (Wildman–Crippen MR) is 72.9 cm³/mol. The van der Waals surface area contributed by atoms with Crippen molar-refractivity contribution in [1.82, 2.24) is 0 Å². The van der Waals surface area contributed by atoms with Gasteiger partial charge in [0, 0.05) is 13.3 Å². The first kappa shape index (κ1) is 16.4. The summed E-state index contributed by atoms with van der Waals surface area (Å²) < 4.78 is 9.71. The lowest BCUT2D eigenvalue weighted by molar-refractivity contribution is -0.158. The molecule has 1 atom stereocenters. The summed E-state index contributed by atoms with van der Waals surface area (Å²) in [5, 5.41) is 0. The van der Waals surface area contributed by atoms with Crippen molar-refractivity contribution < 1.29 is 23.9 Å². The summed E-state index contributed by atoms with van der Waals surface area (Å²) in [5.74, 6) is -1.01. The van der Waals surface area contributed by atoms with Gasteiger partial charge in [-0.15, -0.1) is 0 Å². The van der Waals surface area contributed by atoms with Crippen LogP contribution >= 0.6 is 0 Å². The van der Waals surface area contributed by atoms with Crippen LogP contribution in [0.2, 0.25) is 0 Å². The molecule has 0 aromatic rings. The van der Waals surface area contributed by atoms with Crippen LogP contribution in [0.5, 0.6) is 0 Å². The van der Waals surface area contributed by atoms with Crippen molar-refractivity contribution in [1.29, 1.82) is 0 Å². The van der Waals surface area contributed by atoms with Crippen molar-refractivity contribution in [2.45, 2.75) is 45.4 Å². The van der Waals surface area contributed by atoms with Gasteiger partial charge in [-0.1, -0.05) is 19.4 Å². The van der Waals surface area contributed by atoms with E-state index in [1.807, 2.05) is 0 Å². The molecule has 0 amide bonds. The van der Waals surface area contributed by atoms with E-state index in [4.69, 9.17) is 9.47 Å². The number of ketones is 1. The van der Waals surface area contributed by atoms with E-state index < -0.39 is 17.4 Å². The molecule has 0 heterocycles. The fourth-order valence-corrected chi connectivity index (χ4v) is 2.62. The van der Waals surface area contributed by atoms with Gasteiger partial charge in [-0.25, -0.2) is 0 Å². The van der Waals surface area contributed by atoms with Crippen LogP contribution in [0.3, 0.4) is 0 Å². The van der Waals surface area contributed by atoms with Crippen molar-refractivity contribution in [2.75, 3.05) is 13.7 Å². The minimum atomic E-state index is -1.15. The van der Waals surface area contributed by atoms with Crippen molar-refractivity contribution in [3.8, 4) is 0 Å². The van der Waals surface area contributed by atoms with Crippen molar-refractivity contribution >= 4 is 17.7 Å². The Kier molecular flexibility index (Phi) is 5.92. The number of hydrogen-bond donors (Lipinski definition) is 0. The highest BCUT2D eigenvalue weighted by molar-refractivity contribution is 6.04. The van der Waals surface area contributed by atoms with E-state index in [0.29, 0.717) is 18.4 Å². The van der Waals surface area contributed by atoms with Crippen LogP contribution < -0.4 is 0 Å². The molecule has 0 N–H and O–H groups in total. The lowest BCUT2D eigenvalue weighted by Gasteiger charge is -2.28. The largest absolute Gasteiger partial charge is 0.468 e. The van der Waals surface area contributed by atoms with E-state index in [2.05, 4.69) is 6.58 Å². The number of ether oxygens (including phenoxy) is 2. The Balaban J connectivity index is 2.87. The van der Waals surface area contributed by atoms with E-state index in [9.17, 15) is 14.4 Å². The Bertz CT molecular complexity index is 412. The first-order chi connectivity index (χ1) is 9.42. The third-order valence-electron chi connectivity index (χ3n) is 3.65. The Morgan fingerprint density at radius 2 is 2.00 bits per heavy atom. The van der Waals surface area contributed by atoms with Crippen LogP contribution in [0.15, 0.2) is 12.2 Å². The van der Waals surface area contributed by atoms with Crippen molar-refractivity contribution in [3.63, 3.8) is 0 Å².